The molecule has 0 spiro atoms. The normalized spacial score (nSPS) is 38.7. The van der Waals surface area contributed by atoms with Gasteiger partial charge in [-0.2, -0.15) is 0 Å². The Morgan fingerprint density at radius 3 is 2.96 bits per heavy atom. The van der Waals surface area contributed by atoms with E-state index in [-0.39, 0.29) is 6.61 Å². The smallest absolute Gasteiger partial charge is 0.131 e. The molecule has 5 atom stereocenters. The van der Waals surface area contributed by atoms with Crippen molar-refractivity contribution in [1.82, 2.24) is 4.98 Å². The Morgan fingerprint density at radius 1 is 1.38 bits per heavy atom. The van der Waals surface area contributed by atoms with Gasteiger partial charge in [-0.25, -0.2) is 0 Å². The van der Waals surface area contributed by atoms with E-state index in [1.54, 1.807) is 6.07 Å². The lowest BCUT2D eigenvalue weighted by Crippen LogP contribution is -2.70. The first-order valence-electron chi connectivity index (χ1n) is 9.01. The van der Waals surface area contributed by atoms with Crippen molar-refractivity contribution >= 4 is 10.9 Å². The number of aromatic nitrogens is 1. The van der Waals surface area contributed by atoms with E-state index in [1.165, 1.54) is 16.8 Å². The van der Waals surface area contributed by atoms with Gasteiger partial charge in [0.25, 0.3) is 0 Å². The zero-order valence-corrected chi connectivity index (χ0v) is 14.3. The number of phenolic OH excluding ortho intramolecular Hbond substituents is 1. The Morgan fingerprint density at radius 2 is 2.21 bits per heavy atom. The van der Waals surface area contributed by atoms with Gasteiger partial charge in [-0.3, -0.25) is 0 Å². The largest absolute Gasteiger partial charge is 0.508 e. The van der Waals surface area contributed by atoms with Crippen LogP contribution in [0.15, 0.2) is 29.8 Å². The Kier molecular flexibility index (Phi) is 2.82. The van der Waals surface area contributed by atoms with Crippen LogP contribution in [0.25, 0.3) is 10.9 Å². The SMILES string of the molecule is C/C=C1/C[N@+]2(C)[C@H]3C[C@H]1[C@H](CO)[C@@H]2Cc1c3[nH]c2ccc(O)cc12. The predicted molar refractivity (Wildman–Crippen MR) is 93.7 cm³/mol. The summed E-state index contributed by atoms with van der Waals surface area (Å²) in [7, 11) is 2.38. The van der Waals surface area contributed by atoms with Crippen molar-refractivity contribution in [2.24, 2.45) is 11.8 Å². The van der Waals surface area contributed by atoms with Gasteiger partial charge in [0.2, 0.25) is 0 Å². The third-order valence-electron chi connectivity index (χ3n) is 7.21. The number of benzene rings is 1. The lowest BCUT2D eigenvalue weighted by molar-refractivity contribution is -0.978. The fraction of sp³-hybridized carbons (Fsp3) is 0.500. The van der Waals surface area contributed by atoms with Gasteiger partial charge >= 0.3 is 0 Å². The Labute approximate surface area is 142 Å². The monoisotopic (exact) mass is 325 g/mol. The highest BCUT2D eigenvalue weighted by Crippen LogP contribution is 2.57. The van der Waals surface area contributed by atoms with Crippen LogP contribution >= 0.6 is 0 Å². The molecule has 4 bridgehead atoms. The summed E-state index contributed by atoms with van der Waals surface area (Å²) in [6.07, 6.45) is 4.39. The maximum Gasteiger partial charge on any atom is 0.131 e. The number of hydrogen-bond donors (Lipinski definition) is 3. The summed E-state index contributed by atoms with van der Waals surface area (Å²) in [5.41, 5.74) is 5.39. The fourth-order valence-electron chi connectivity index (χ4n) is 6.05. The van der Waals surface area contributed by atoms with E-state index < -0.39 is 0 Å². The number of aliphatic hydroxyl groups excluding tert-OH is 1. The van der Waals surface area contributed by atoms with Gasteiger partial charge in [0, 0.05) is 35.6 Å². The van der Waals surface area contributed by atoms with Crippen molar-refractivity contribution in [2.75, 3.05) is 20.2 Å². The summed E-state index contributed by atoms with van der Waals surface area (Å²) in [6.45, 7) is 3.52. The molecule has 0 saturated carbocycles. The number of allylic oxidation sites excluding steroid dienone is 1. The molecule has 4 aliphatic heterocycles. The average Bonchev–Trinajstić information content (AvgIpc) is 2.91. The second-order valence-electron chi connectivity index (χ2n) is 8.09. The molecule has 6 rings (SSSR count). The number of fused-ring (bicyclic) bond motifs is 4. The summed E-state index contributed by atoms with van der Waals surface area (Å²) < 4.78 is 1.02. The van der Waals surface area contributed by atoms with Crippen LogP contribution in [0.2, 0.25) is 0 Å². The minimum Gasteiger partial charge on any atom is -0.508 e. The number of nitrogens with zero attached hydrogens (tertiary/aromatic N) is 1. The van der Waals surface area contributed by atoms with Crippen LogP contribution in [0.4, 0.5) is 0 Å². The molecule has 1 aromatic heterocycles. The number of aromatic hydroxyl groups is 1. The summed E-state index contributed by atoms with van der Waals surface area (Å²) in [6, 6.07) is 6.58. The van der Waals surface area contributed by atoms with E-state index >= 15 is 0 Å². The van der Waals surface area contributed by atoms with Crippen LogP contribution in [0.1, 0.15) is 30.6 Å². The standard InChI is InChI=1S/C20H24N2O2/c1-3-11-9-22(2)18-8-15-14-6-12(24)4-5-17(14)21-20(15)19(22)7-13(11)16(18)10-23/h3-6,13,16,18-19,21,23H,7-10H2,1-2H3/p+1/b11-3-/t13-,16+,18+,19+,22+/m1/s1. The summed E-state index contributed by atoms with van der Waals surface area (Å²) in [5, 5.41) is 21.2. The Bertz CT molecular complexity index is 868. The van der Waals surface area contributed by atoms with Gasteiger partial charge in [-0.1, -0.05) is 6.08 Å². The number of aliphatic hydroxyl groups is 1. The number of piperidine rings is 3. The van der Waals surface area contributed by atoms with Crippen LogP contribution in [0, 0.1) is 11.8 Å². The number of hydrogen-bond acceptors (Lipinski definition) is 2. The van der Waals surface area contributed by atoms with Crippen molar-refractivity contribution in [3.05, 3.63) is 41.1 Å². The number of nitrogens with one attached hydrogen (secondary N) is 1. The number of likely N-dealkylation sites (N-methyl/N-ethyl adjacent to an activating group) is 1. The average molecular weight is 325 g/mol. The molecular formula is C20H25N2O2+. The lowest BCUT2D eigenvalue weighted by Gasteiger charge is -2.62. The number of rotatable bonds is 1. The second kappa shape index (κ2) is 4.64. The van der Waals surface area contributed by atoms with Crippen molar-refractivity contribution in [1.29, 1.82) is 0 Å². The summed E-state index contributed by atoms with van der Waals surface area (Å²) in [4.78, 5) is 3.67. The molecule has 4 nitrogen and oxygen atoms in total. The van der Waals surface area contributed by atoms with E-state index in [1.807, 2.05) is 12.1 Å². The van der Waals surface area contributed by atoms with Crippen LogP contribution in [-0.4, -0.2) is 45.9 Å². The first-order valence-corrected chi connectivity index (χ1v) is 9.01. The van der Waals surface area contributed by atoms with Gasteiger partial charge in [-0.15, -0.1) is 0 Å². The van der Waals surface area contributed by atoms with Gasteiger partial charge in [-0.05, 0) is 36.3 Å². The number of quaternary nitrogens is 1. The van der Waals surface area contributed by atoms with E-state index in [4.69, 9.17) is 0 Å². The van der Waals surface area contributed by atoms with Gasteiger partial charge in [0.15, 0.2) is 0 Å². The first kappa shape index (κ1) is 14.6. The molecule has 0 unspecified atom stereocenters. The zero-order valence-electron chi connectivity index (χ0n) is 14.3. The molecular weight excluding hydrogens is 300 g/mol. The molecule has 0 radical (unpaired) electrons. The predicted octanol–water partition coefficient (Wildman–Crippen LogP) is 2.87. The molecule has 4 heteroatoms. The molecule has 3 fully saturated rings. The maximum absolute atomic E-state index is 10.1. The Hall–Kier alpha value is -1.78. The number of H-pyrrole nitrogens is 1. The number of aromatic amines is 1. The topological polar surface area (TPSA) is 56.2 Å². The van der Waals surface area contributed by atoms with E-state index in [0.29, 0.717) is 29.7 Å². The Balaban J connectivity index is 1.73. The number of phenols is 1. The summed E-state index contributed by atoms with van der Waals surface area (Å²) >= 11 is 0. The zero-order chi connectivity index (χ0) is 16.6. The summed E-state index contributed by atoms with van der Waals surface area (Å²) in [5.74, 6) is 1.20. The molecule has 3 N–H and O–H groups in total. The molecule has 3 saturated heterocycles. The molecule has 5 heterocycles. The highest BCUT2D eigenvalue weighted by atomic mass is 16.3. The lowest BCUT2D eigenvalue weighted by atomic mass is 9.62. The van der Waals surface area contributed by atoms with Crippen molar-refractivity contribution < 1.29 is 14.7 Å². The van der Waals surface area contributed by atoms with Crippen LogP contribution in [-0.2, 0) is 6.42 Å². The highest BCUT2D eigenvalue weighted by Gasteiger charge is 2.61. The second-order valence-corrected chi connectivity index (χ2v) is 8.09. The van der Waals surface area contributed by atoms with Crippen LogP contribution < -0.4 is 0 Å². The van der Waals surface area contributed by atoms with Crippen LogP contribution in [0.3, 0.4) is 0 Å². The first-order chi connectivity index (χ1) is 11.6. The fourth-order valence-corrected chi connectivity index (χ4v) is 6.05. The molecule has 4 aliphatic rings. The minimum absolute atomic E-state index is 0.274. The minimum atomic E-state index is 0.274. The molecule has 126 valence electrons. The molecule has 24 heavy (non-hydrogen) atoms. The van der Waals surface area contributed by atoms with Crippen LogP contribution in [0.5, 0.6) is 5.75 Å². The maximum atomic E-state index is 10.1. The van der Waals surface area contributed by atoms with E-state index in [2.05, 4.69) is 25.0 Å². The van der Waals surface area contributed by atoms with Crippen molar-refractivity contribution in [3.8, 4) is 5.75 Å². The third kappa shape index (κ3) is 1.60. The van der Waals surface area contributed by atoms with Gasteiger partial charge < -0.3 is 19.7 Å². The highest BCUT2D eigenvalue weighted by molar-refractivity contribution is 5.86. The molecule has 0 aliphatic carbocycles. The van der Waals surface area contributed by atoms with E-state index in [9.17, 15) is 10.2 Å². The van der Waals surface area contributed by atoms with Gasteiger partial charge in [0.1, 0.15) is 18.3 Å². The van der Waals surface area contributed by atoms with E-state index in [0.717, 1.165) is 34.8 Å². The van der Waals surface area contributed by atoms with Crippen molar-refractivity contribution in [2.45, 2.75) is 31.8 Å². The van der Waals surface area contributed by atoms with Gasteiger partial charge in [0.05, 0.1) is 25.4 Å². The molecule has 2 aromatic rings. The third-order valence-corrected chi connectivity index (χ3v) is 7.21. The molecule has 0 amide bonds. The quantitative estimate of drug-likeness (QED) is 0.558. The van der Waals surface area contributed by atoms with Crippen molar-refractivity contribution in [3.63, 3.8) is 0 Å². The molecule has 1 aromatic carbocycles.